The Hall–Kier alpha value is -2.48. The summed E-state index contributed by atoms with van der Waals surface area (Å²) in [6, 6.07) is 3.23. The fourth-order valence-corrected chi connectivity index (χ4v) is 3.62. The second-order valence-electron chi connectivity index (χ2n) is 5.48. The van der Waals surface area contributed by atoms with Gasteiger partial charge in [0, 0.05) is 11.4 Å². The summed E-state index contributed by atoms with van der Waals surface area (Å²) in [5.41, 5.74) is 1.21. The number of aliphatic carboxylic acids is 2. The second-order valence-corrected chi connectivity index (χ2v) is 6.34. The molecule has 1 aromatic carbocycles. The van der Waals surface area contributed by atoms with E-state index in [4.69, 9.17) is 9.47 Å². The van der Waals surface area contributed by atoms with Crippen LogP contribution in [-0.4, -0.2) is 36.4 Å². The van der Waals surface area contributed by atoms with E-state index in [1.807, 2.05) is 0 Å². The van der Waals surface area contributed by atoms with E-state index in [0.29, 0.717) is 32.9 Å². The van der Waals surface area contributed by atoms with Crippen LogP contribution in [0.4, 0.5) is 0 Å². The van der Waals surface area contributed by atoms with Crippen LogP contribution in [0.2, 0.25) is 0 Å². The van der Waals surface area contributed by atoms with E-state index in [1.54, 1.807) is 26.0 Å². The van der Waals surface area contributed by atoms with Crippen molar-refractivity contribution < 1.29 is 29.3 Å². The molecular weight excluding hydrogens is 394 g/mol. The lowest BCUT2D eigenvalue weighted by Gasteiger charge is -2.29. The van der Waals surface area contributed by atoms with Crippen LogP contribution in [0.3, 0.4) is 0 Å². The Kier molecular flexibility index (Phi) is 5.42. The number of dihydropyridines is 1. The monoisotopic (exact) mass is 411 g/mol. The minimum atomic E-state index is -1.19. The van der Waals surface area contributed by atoms with Gasteiger partial charge in [-0.1, -0.05) is 0 Å². The Labute approximate surface area is 153 Å². The zero-order chi connectivity index (χ0) is 18.9. The Morgan fingerprint density at radius 3 is 1.96 bits per heavy atom. The lowest BCUT2D eigenvalue weighted by Crippen LogP contribution is -2.31. The van der Waals surface area contributed by atoms with E-state index in [9.17, 15) is 19.8 Å². The highest BCUT2D eigenvalue weighted by Crippen LogP contribution is 2.44. The average molecular weight is 412 g/mol. The molecule has 0 unspecified atom stereocenters. The van der Waals surface area contributed by atoms with Crippen LogP contribution in [0.15, 0.2) is 39.1 Å². The summed E-state index contributed by atoms with van der Waals surface area (Å²) in [6.07, 6.45) is 0. The summed E-state index contributed by atoms with van der Waals surface area (Å²) in [5, 5.41) is 22.1. The molecule has 1 heterocycles. The average Bonchev–Trinajstić information content (AvgIpc) is 2.52. The number of ether oxygens (including phenoxy) is 2. The zero-order valence-electron chi connectivity index (χ0n) is 14.1. The molecule has 25 heavy (non-hydrogen) atoms. The van der Waals surface area contributed by atoms with E-state index in [2.05, 4.69) is 21.2 Å². The smallest absolute Gasteiger partial charge is 0.334 e. The van der Waals surface area contributed by atoms with Gasteiger partial charge in [0.05, 0.1) is 35.8 Å². The maximum absolute atomic E-state index is 11.8. The van der Waals surface area contributed by atoms with Crippen LogP contribution < -0.4 is 14.8 Å². The van der Waals surface area contributed by atoms with Gasteiger partial charge in [-0.25, -0.2) is 9.59 Å². The first kappa shape index (κ1) is 18.9. The van der Waals surface area contributed by atoms with Crippen LogP contribution in [0, 0.1) is 0 Å². The van der Waals surface area contributed by atoms with Gasteiger partial charge in [0.25, 0.3) is 0 Å². The quantitative estimate of drug-likeness (QED) is 0.683. The third-order valence-corrected chi connectivity index (χ3v) is 4.60. The number of rotatable bonds is 5. The Morgan fingerprint density at radius 2 is 1.56 bits per heavy atom. The summed E-state index contributed by atoms with van der Waals surface area (Å²) in [7, 11) is 2.93. The number of halogens is 1. The third-order valence-electron chi connectivity index (χ3n) is 4.01. The van der Waals surface area contributed by atoms with Gasteiger partial charge in [-0.15, -0.1) is 0 Å². The molecule has 0 aromatic heterocycles. The number of carbonyl (C=O) groups is 2. The van der Waals surface area contributed by atoms with E-state index in [0.717, 1.165) is 0 Å². The van der Waals surface area contributed by atoms with Gasteiger partial charge >= 0.3 is 11.9 Å². The number of benzene rings is 1. The summed E-state index contributed by atoms with van der Waals surface area (Å²) >= 11 is 3.36. The largest absolute Gasteiger partial charge is 0.493 e. The third kappa shape index (κ3) is 3.34. The first-order valence-electron chi connectivity index (χ1n) is 7.29. The standard InChI is InChI=1S/C17H18BrNO6/c1-7-12(16(20)21)14(13(17(22)23)8(2)19-7)9-5-10(18)15(25-4)11(6-9)24-3/h5-6,14,19H,1-4H3,(H,20,21)(H,22,23). The minimum Gasteiger partial charge on any atom is -0.493 e. The van der Waals surface area contributed by atoms with Crippen molar-refractivity contribution in [1.29, 1.82) is 0 Å². The molecule has 0 saturated carbocycles. The summed E-state index contributed by atoms with van der Waals surface area (Å²) < 4.78 is 11.1. The highest BCUT2D eigenvalue weighted by molar-refractivity contribution is 9.10. The molecule has 0 radical (unpaired) electrons. The number of carboxylic acid groups (broad SMARTS) is 2. The van der Waals surface area contributed by atoms with Gasteiger partial charge in [0.15, 0.2) is 11.5 Å². The van der Waals surface area contributed by atoms with Crippen molar-refractivity contribution in [2.75, 3.05) is 14.2 Å². The van der Waals surface area contributed by atoms with Gasteiger partial charge < -0.3 is 25.0 Å². The van der Waals surface area contributed by atoms with Crippen molar-refractivity contribution >= 4 is 27.9 Å². The van der Waals surface area contributed by atoms with Crippen LogP contribution >= 0.6 is 15.9 Å². The molecule has 0 spiro atoms. The number of hydrogen-bond donors (Lipinski definition) is 3. The first-order valence-corrected chi connectivity index (χ1v) is 8.08. The molecule has 0 fully saturated rings. The number of carboxylic acids is 2. The number of allylic oxidation sites excluding steroid dienone is 2. The molecule has 2 rings (SSSR count). The molecule has 1 aliphatic heterocycles. The molecule has 1 aliphatic rings. The Morgan fingerprint density at radius 1 is 1.04 bits per heavy atom. The SMILES string of the molecule is COc1cc(C2C(C(=O)O)=C(C)NC(C)=C2C(=O)O)cc(Br)c1OC. The maximum Gasteiger partial charge on any atom is 0.334 e. The molecule has 0 amide bonds. The van der Waals surface area contributed by atoms with Crippen molar-refractivity contribution in [2.24, 2.45) is 0 Å². The number of nitrogens with one attached hydrogen (secondary N) is 1. The zero-order valence-corrected chi connectivity index (χ0v) is 15.7. The predicted octanol–water partition coefficient (Wildman–Crippen LogP) is 2.87. The molecule has 3 N–H and O–H groups in total. The number of hydrogen-bond acceptors (Lipinski definition) is 5. The highest BCUT2D eigenvalue weighted by Gasteiger charge is 2.37. The molecule has 0 aliphatic carbocycles. The van der Waals surface area contributed by atoms with Crippen molar-refractivity contribution in [3.63, 3.8) is 0 Å². The lowest BCUT2D eigenvalue weighted by molar-refractivity contribution is -0.133. The summed E-state index contributed by atoms with van der Waals surface area (Å²) in [4.78, 5) is 23.6. The molecule has 134 valence electrons. The fourth-order valence-electron chi connectivity index (χ4n) is 3.00. The van der Waals surface area contributed by atoms with Crippen LogP contribution in [0.1, 0.15) is 25.3 Å². The summed E-state index contributed by atoms with van der Waals surface area (Å²) in [6.45, 7) is 3.21. The Bertz CT molecular complexity index is 776. The highest BCUT2D eigenvalue weighted by atomic mass is 79.9. The first-order chi connectivity index (χ1) is 11.7. The van der Waals surface area contributed by atoms with Crippen molar-refractivity contribution in [3.8, 4) is 11.5 Å². The second kappa shape index (κ2) is 7.18. The summed E-state index contributed by atoms with van der Waals surface area (Å²) in [5.74, 6) is -2.52. The fraction of sp³-hybridized carbons (Fsp3) is 0.294. The van der Waals surface area contributed by atoms with Gasteiger partial charge in [-0.2, -0.15) is 0 Å². The number of methoxy groups -OCH3 is 2. The van der Waals surface area contributed by atoms with Crippen molar-refractivity contribution in [3.05, 3.63) is 44.7 Å². The molecule has 7 nitrogen and oxygen atoms in total. The molecule has 0 saturated heterocycles. The van der Waals surface area contributed by atoms with Gasteiger partial charge in [0.1, 0.15) is 0 Å². The van der Waals surface area contributed by atoms with Crippen molar-refractivity contribution in [1.82, 2.24) is 5.32 Å². The predicted molar refractivity (Wildman–Crippen MR) is 93.8 cm³/mol. The van der Waals surface area contributed by atoms with E-state index < -0.39 is 17.9 Å². The molecule has 8 heteroatoms. The molecule has 0 atom stereocenters. The molecular formula is C17H18BrNO6. The van der Waals surface area contributed by atoms with Gasteiger partial charge in [-0.3, -0.25) is 0 Å². The maximum atomic E-state index is 11.8. The minimum absolute atomic E-state index is 0.0258. The van der Waals surface area contributed by atoms with Crippen LogP contribution in [-0.2, 0) is 9.59 Å². The van der Waals surface area contributed by atoms with E-state index in [-0.39, 0.29) is 11.1 Å². The molecule has 0 bridgehead atoms. The van der Waals surface area contributed by atoms with E-state index in [1.165, 1.54) is 14.2 Å². The topological polar surface area (TPSA) is 105 Å². The lowest BCUT2D eigenvalue weighted by atomic mass is 9.80. The normalized spacial score (nSPS) is 15.1. The Balaban J connectivity index is 2.78. The van der Waals surface area contributed by atoms with Crippen LogP contribution in [0.5, 0.6) is 11.5 Å². The van der Waals surface area contributed by atoms with Gasteiger partial charge in [-0.05, 0) is 47.5 Å². The van der Waals surface area contributed by atoms with Gasteiger partial charge in [0.2, 0.25) is 0 Å². The van der Waals surface area contributed by atoms with Crippen LogP contribution in [0.25, 0.3) is 0 Å². The van der Waals surface area contributed by atoms with Crippen molar-refractivity contribution in [2.45, 2.75) is 19.8 Å². The van der Waals surface area contributed by atoms with E-state index >= 15 is 0 Å². The molecule has 1 aromatic rings.